The highest BCUT2D eigenvalue weighted by Gasteiger charge is 2.31. The first kappa shape index (κ1) is 17.6. The number of rotatable bonds is 3. The Morgan fingerprint density at radius 3 is 2.92 bits per heavy atom. The lowest BCUT2D eigenvalue weighted by Crippen LogP contribution is -2.42. The minimum atomic E-state index is -0.279. The first-order chi connectivity index (χ1) is 11.9. The smallest absolute Gasteiger partial charge is 0.310 e. The number of thiophene rings is 1. The SMILES string of the molecule is CCOC(=O)C1CCCN(C(=O)c2sc3ncn(C)c(=O)c3c2C)C1. The van der Waals surface area contributed by atoms with Crippen LogP contribution in [0, 0.1) is 12.8 Å². The summed E-state index contributed by atoms with van der Waals surface area (Å²) < 4.78 is 6.50. The van der Waals surface area contributed by atoms with E-state index in [1.807, 2.05) is 0 Å². The normalized spacial score (nSPS) is 17.7. The summed E-state index contributed by atoms with van der Waals surface area (Å²) in [5.41, 5.74) is 0.512. The first-order valence-corrected chi connectivity index (χ1v) is 9.16. The molecule has 0 aromatic carbocycles. The summed E-state index contributed by atoms with van der Waals surface area (Å²) in [4.78, 5) is 44.3. The molecule has 1 amide bonds. The second-order valence-corrected chi connectivity index (χ2v) is 7.24. The van der Waals surface area contributed by atoms with Gasteiger partial charge in [-0.2, -0.15) is 0 Å². The number of nitrogens with zero attached hydrogens (tertiary/aromatic N) is 3. The summed E-state index contributed by atoms with van der Waals surface area (Å²) in [6, 6.07) is 0. The van der Waals surface area contributed by atoms with E-state index in [4.69, 9.17) is 4.74 Å². The third-order valence-corrected chi connectivity index (χ3v) is 5.72. The number of carbonyl (C=O) groups is 2. The Morgan fingerprint density at radius 2 is 2.20 bits per heavy atom. The molecule has 1 saturated heterocycles. The summed E-state index contributed by atoms with van der Waals surface area (Å²) in [6.45, 7) is 4.86. The molecule has 0 N–H and O–H groups in total. The molecule has 0 spiro atoms. The average molecular weight is 363 g/mol. The molecule has 1 fully saturated rings. The molecular formula is C17H21N3O4S. The van der Waals surface area contributed by atoms with Crippen molar-refractivity contribution in [2.24, 2.45) is 13.0 Å². The number of amides is 1. The van der Waals surface area contributed by atoms with Crippen LogP contribution in [0.4, 0.5) is 0 Å². The lowest BCUT2D eigenvalue weighted by Gasteiger charge is -2.31. The molecule has 1 atom stereocenters. The van der Waals surface area contributed by atoms with Gasteiger partial charge in [-0.25, -0.2) is 4.98 Å². The Kier molecular flexibility index (Phi) is 4.89. The van der Waals surface area contributed by atoms with Crippen LogP contribution in [0.2, 0.25) is 0 Å². The highest BCUT2D eigenvalue weighted by molar-refractivity contribution is 7.20. The van der Waals surface area contributed by atoms with Gasteiger partial charge in [-0.15, -0.1) is 11.3 Å². The third-order valence-electron chi connectivity index (χ3n) is 4.53. The maximum Gasteiger partial charge on any atom is 0.310 e. The van der Waals surface area contributed by atoms with Crippen molar-refractivity contribution in [3.63, 3.8) is 0 Å². The first-order valence-electron chi connectivity index (χ1n) is 8.34. The fourth-order valence-electron chi connectivity index (χ4n) is 3.17. The lowest BCUT2D eigenvalue weighted by atomic mass is 9.98. The Morgan fingerprint density at radius 1 is 1.44 bits per heavy atom. The molecule has 25 heavy (non-hydrogen) atoms. The van der Waals surface area contributed by atoms with Gasteiger partial charge >= 0.3 is 5.97 Å². The van der Waals surface area contributed by atoms with E-state index in [-0.39, 0.29) is 23.4 Å². The van der Waals surface area contributed by atoms with Gasteiger partial charge in [0, 0.05) is 20.1 Å². The number of fused-ring (bicyclic) bond motifs is 1. The Bertz CT molecular complexity index is 886. The number of piperidine rings is 1. The number of hydrogen-bond acceptors (Lipinski definition) is 6. The van der Waals surface area contributed by atoms with E-state index in [1.165, 1.54) is 22.2 Å². The van der Waals surface area contributed by atoms with E-state index in [2.05, 4.69) is 4.98 Å². The monoisotopic (exact) mass is 363 g/mol. The molecule has 3 heterocycles. The van der Waals surface area contributed by atoms with Crippen LogP contribution in [0.5, 0.6) is 0 Å². The number of hydrogen-bond donors (Lipinski definition) is 0. The van der Waals surface area contributed by atoms with Crippen molar-refractivity contribution in [1.29, 1.82) is 0 Å². The Balaban J connectivity index is 1.89. The zero-order valence-corrected chi connectivity index (χ0v) is 15.4. The zero-order chi connectivity index (χ0) is 18.1. The number of esters is 1. The molecule has 0 aliphatic carbocycles. The van der Waals surface area contributed by atoms with Crippen LogP contribution >= 0.6 is 11.3 Å². The van der Waals surface area contributed by atoms with Gasteiger partial charge in [0.05, 0.1) is 29.1 Å². The summed E-state index contributed by atoms with van der Waals surface area (Å²) in [6.07, 6.45) is 2.96. The Hall–Kier alpha value is -2.22. The van der Waals surface area contributed by atoms with Crippen LogP contribution < -0.4 is 5.56 Å². The number of carbonyl (C=O) groups excluding carboxylic acids is 2. The summed E-state index contributed by atoms with van der Waals surface area (Å²) in [5.74, 6) is -0.668. The van der Waals surface area contributed by atoms with Crippen LogP contribution in [0.25, 0.3) is 10.2 Å². The molecule has 1 aliphatic heterocycles. The highest BCUT2D eigenvalue weighted by atomic mass is 32.1. The van der Waals surface area contributed by atoms with Gasteiger partial charge in [-0.3, -0.25) is 14.4 Å². The van der Waals surface area contributed by atoms with Gasteiger partial charge < -0.3 is 14.2 Å². The van der Waals surface area contributed by atoms with E-state index < -0.39 is 0 Å². The van der Waals surface area contributed by atoms with Gasteiger partial charge in [0.2, 0.25) is 0 Å². The van der Waals surface area contributed by atoms with Gasteiger partial charge in [-0.05, 0) is 32.3 Å². The molecule has 0 bridgehead atoms. The molecule has 134 valence electrons. The van der Waals surface area contributed by atoms with Crippen LogP contribution in [-0.2, 0) is 16.6 Å². The lowest BCUT2D eigenvalue weighted by molar-refractivity contribution is -0.149. The summed E-state index contributed by atoms with van der Waals surface area (Å²) >= 11 is 1.24. The van der Waals surface area contributed by atoms with Crippen molar-refractivity contribution < 1.29 is 14.3 Å². The average Bonchev–Trinajstić information content (AvgIpc) is 2.95. The quantitative estimate of drug-likeness (QED) is 0.776. The molecule has 2 aromatic rings. The van der Waals surface area contributed by atoms with Crippen molar-refractivity contribution in [1.82, 2.24) is 14.5 Å². The molecule has 7 nitrogen and oxygen atoms in total. The largest absolute Gasteiger partial charge is 0.466 e. The van der Waals surface area contributed by atoms with E-state index in [9.17, 15) is 14.4 Å². The van der Waals surface area contributed by atoms with Crippen molar-refractivity contribution in [3.05, 3.63) is 27.1 Å². The van der Waals surface area contributed by atoms with Gasteiger partial charge in [0.15, 0.2) is 0 Å². The molecule has 1 unspecified atom stereocenters. The highest BCUT2D eigenvalue weighted by Crippen LogP contribution is 2.29. The Labute approximate surface area is 149 Å². The number of aryl methyl sites for hydroxylation is 2. The second-order valence-electron chi connectivity index (χ2n) is 6.24. The second kappa shape index (κ2) is 6.95. The van der Waals surface area contributed by atoms with Crippen LogP contribution in [0.1, 0.15) is 35.0 Å². The molecule has 0 radical (unpaired) electrons. The van der Waals surface area contributed by atoms with Crippen LogP contribution in [0.15, 0.2) is 11.1 Å². The zero-order valence-electron chi connectivity index (χ0n) is 14.6. The molecule has 0 saturated carbocycles. The number of aromatic nitrogens is 2. The summed E-state index contributed by atoms with van der Waals surface area (Å²) in [7, 11) is 1.64. The maximum atomic E-state index is 13.0. The minimum Gasteiger partial charge on any atom is -0.466 e. The van der Waals surface area contributed by atoms with Crippen LogP contribution in [0.3, 0.4) is 0 Å². The van der Waals surface area contributed by atoms with Crippen molar-refractivity contribution >= 4 is 33.4 Å². The maximum absolute atomic E-state index is 13.0. The number of likely N-dealkylation sites (tertiary alicyclic amines) is 1. The summed E-state index contributed by atoms with van der Waals surface area (Å²) in [5, 5.41) is 0.498. The van der Waals surface area contributed by atoms with Gasteiger partial charge in [0.25, 0.3) is 11.5 Å². The third kappa shape index (κ3) is 3.18. The van der Waals surface area contributed by atoms with Crippen LogP contribution in [-0.4, -0.2) is 46.0 Å². The number of ether oxygens (including phenoxy) is 1. The minimum absolute atomic E-state index is 0.142. The topological polar surface area (TPSA) is 81.5 Å². The van der Waals surface area contributed by atoms with E-state index in [1.54, 1.807) is 25.8 Å². The van der Waals surface area contributed by atoms with Gasteiger partial charge in [0.1, 0.15) is 4.83 Å². The van der Waals surface area contributed by atoms with E-state index in [0.29, 0.717) is 40.4 Å². The fourth-order valence-corrected chi connectivity index (χ4v) is 4.28. The van der Waals surface area contributed by atoms with Crippen molar-refractivity contribution in [2.75, 3.05) is 19.7 Å². The molecular weight excluding hydrogens is 342 g/mol. The standard InChI is InChI=1S/C17H21N3O4S/c1-4-24-17(23)11-6-5-7-20(8-11)16(22)13-10(2)12-14(25-13)18-9-19(3)15(12)21/h9,11H,4-8H2,1-3H3. The van der Waals surface area contributed by atoms with Crippen molar-refractivity contribution in [2.45, 2.75) is 26.7 Å². The molecule has 2 aromatic heterocycles. The predicted molar refractivity (Wildman–Crippen MR) is 94.9 cm³/mol. The van der Waals surface area contributed by atoms with E-state index in [0.717, 1.165) is 12.8 Å². The predicted octanol–water partition coefficient (Wildman–Crippen LogP) is 1.72. The molecule has 1 aliphatic rings. The van der Waals surface area contributed by atoms with E-state index >= 15 is 0 Å². The van der Waals surface area contributed by atoms with Gasteiger partial charge in [-0.1, -0.05) is 0 Å². The molecule has 8 heteroatoms. The van der Waals surface area contributed by atoms with Crippen molar-refractivity contribution in [3.8, 4) is 0 Å². The fraction of sp³-hybridized carbons (Fsp3) is 0.529. The molecule has 3 rings (SSSR count).